The maximum absolute atomic E-state index is 12.5. The topological polar surface area (TPSA) is 96.6 Å². The molecular weight excluding hydrogens is 344 g/mol. The number of likely N-dealkylation sites (N-methyl/N-ethyl adjacent to an activating group) is 1. The molecule has 1 aromatic heterocycles. The van der Waals surface area contributed by atoms with Crippen LogP contribution >= 0.6 is 0 Å². The molecule has 1 aliphatic rings. The van der Waals surface area contributed by atoms with E-state index in [4.69, 9.17) is 10.5 Å². The van der Waals surface area contributed by atoms with Crippen molar-refractivity contribution in [2.24, 2.45) is 0 Å². The van der Waals surface area contributed by atoms with Crippen molar-refractivity contribution in [3.05, 3.63) is 36.0 Å². The maximum atomic E-state index is 12.5. The molecule has 0 spiro atoms. The number of amides is 1. The first-order chi connectivity index (χ1) is 13.1. The smallest absolute Gasteiger partial charge is 0.260 e. The van der Waals surface area contributed by atoms with E-state index in [9.17, 15) is 4.79 Å². The Labute approximate surface area is 159 Å². The molecule has 1 fully saturated rings. The highest BCUT2D eigenvalue weighted by molar-refractivity contribution is 6.07. The molecular formula is C19H26N6O2. The lowest BCUT2D eigenvalue weighted by Gasteiger charge is -2.20. The normalized spacial score (nSPS) is 15.3. The van der Waals surface area contributed by atoms with Crippen molar-refractivity contribution in [3.63, 3.8) is 0 Å². The van der Waals surface area contributed by atoms with Gasteiger partial charge in [-0.15, -0.1) is 0 Å². The molecule has 0 aliphatic carbocycles. The number of nitrogens with two attached hydrogens (primary N) is 1. The fourth-order valence-corrected chi connectivity index (χ4v) is 2.96. The average Bonchev–Trinajstić information content (AvgIpc) is 2.88. The Hall–Kier alpha value is -2.87. The van der Waals surface area contributed by atoms with E-state index in [1.54, 1.807) is 24.3 Å². The van der Waals surface area contributed by atoms with E-state index in [-0.39, 0.29) is 17.3 Å². The van der Waals surface area contributed by atoms with E-state index in [0.717, 1.165) is 38.3 Å². The highest BCUT2D eigenvalue weighted by Crippen LogP contribution is 2.19. The number of nitrogen functional groups attached to an aromatic ring is 1. The number of aromatic nitrogens is 2. The number of nitrogens with one attached hydrogen (secondary N) is 1. The fraction of sp³-hybridized carbons (Fsp3) is 0.421. The summed E-state index contributed by atoms with van der Waals surface area (Å²) in [5.41, 5.74) is 6.96. The number of rotatable bonds is 5. The number of ether oxygens (including phenoxy) is 1. The molecule has 8 heteroatoms. The predicted molar refractivity (Wildman–Crippen MR) is 106 cm³/mol. The van der Waals surface area contributed by atoms with Crippen LogP contribution in [0.4, 0.5) is 17.5 Å². The summed E-state index contributed by atoms with van der Waals surface area (Å²) in [7, 11) is 2.10. The summed E-state index contributed by atoms with van der Waals surface area (Å²) in [6.45, 7) is 6.23. The van der Waals surface area contributed by atoms with Gasteiger partial charge in [0.1, 0.15) is 17.1 Å². The summed E-state index contributed by atoms with van der Waals surface area (Å²) in [5, 5.41) is 2.81. The van der Waals surface area contributed by atoms with Gasteiger partial charge in [0.05, 0.1) is 6.61 Å². The van der Waals surface area contributed by atoms with Crippen LogP contribution in [0.1, 0.15) is 23.7 Å². The molecule has 0 saturated carbocycles. The van der Waals surface area contributed by atoms with Crippen molar-refractivity contribution in [3.8, 4) is 5.75 Å². The number of anilines is 3. The van der Waals surface area contributed by atoms with Crippen molar-refractivity contribution >= 4 is 23.4 Å². The molecule has 2 heterocycles. The third-order valence-corrected chi connectivity index (χ3v) is 4.48. The first-order valence-corrected chi connectivity index (χ1v) is 9.17. The second-order valence-corrected chi connectivity index (χ2v) is 6.52. The van der Waals surface area contributed by atoms with Crippen LogP contribution in [0.3, 0.4) is 0 Å². The van der Waals surface area contributed by atoms with E-state index < -0.39 is 0 Å². The number of hydrogen-bond donors (Lipinski definition) is 2. The zero-order chi connectivity index (χ0) is 19.2. The Morgan fingerprint density at radius 2 is 2.00 bits per heavy atom. The van der Waals surface area contributed by atoms with Gasteiger partial charge in [-0.1, -0.05) is 0 Å². The molecule has 0 radical (unpaired) electrons. The number of carbonyl (C=O) groups excluding carboxylic acids is 1. The molecule has 3 N–H and O–H groups in total. The fourth-order valence-electron chi connectivity index (χ4n) is 2.96. The van der Waals surface area contributed by atoms with Crippen LogP contribution in [-0.2, 0) is 0 Å². The Bertz CT molecular complexity index is 780. The average molecular weight is 370 g/mol. The number of carbonyl (C=O) groups is 1. The van der Waals surface area contributed by atoms with Gasteiger partial charge < -0.3 is 25.6 Å². The Kier molecular flexibility index (Phi) is 6.08. The molecule has 1 amide bonds. The number of benzene rings is 1. The van der Waals surface area contributed by atoms with E-state index in [1.165, 1.54) is 6.20 Å². The van der Waals surface area contributed by atoms with E-state index >= 15 is 0 Å². The van der Waals surface area contributed by atoms with Crippen molar-refractivity contribution in [1.29, 1.82) is 0 Å². The van der Waals surface area contributed by atoms with Gasteiger partial charge in [-0.2, -0.15) is 4.98 Å². The van der Waals surface area contributed by atoms with Gasteiger partial charge in [-0.25, -0.2) is 4.98 Å². The minimum Gasteiger partial charge on any atom is -0.494 e. The lowest BCUT2D eigenvalue weighted by atomic mass is 10.2. The molecule has 3 rings (SSSR count). The molecule has 27 heavy (non-hydrogen) atoms. The quantitative estimate of drug-likeness (QED) is 0.829. The predicted octanol–water partition coefficient (Wildman–Crippen LogP) is 1.85. The van der Waals surface area contributed by atoms with Gasteiger partial charge in [0.25, 0.3) is 5.91 Å². The Morgan fingerprint density at radius 3 is 2.70 bits per heavy atom. The molecule has 2 aromatic rings. The molecule has 1 aliphatic heterocycles. The zero-order valence-corrected chi connectivity index (χ0v) is 15.8. The van der Waals surface area contributed by atoms with Gasteiger partial charge in [0, 0.05) is 31.5 Å². The van der Waals surface area contributed by atoms with Crippen molar-refractivity contribution < 1.29 is 9.53 Å². The van der Waals surface area contributed by atoms with E-state index in [1.807, 2.05) is 6.92 Å². The molecule has 0 bridgehead atoms. The largest absolute Gasteiger partial charge is 0.494 e. The van der Waals surface area contributed by atoms with Crippen LogP contribution in [0.15, 0.2) is 30.5 Å². The van der Waals surface area contributed by atoms with E-state index in [2.05, 4.69) is 32.1 Å². The van der Waals surface area contributed by atoms with Gasteiger partial charge in [-0.3, -0.25) is 4.79 Å². The zero-order valence-electron chi connectivity index (χ0n) is 15.8. The Balaban J connectivity index is 1.68. The molecule has 8 nitrogen and oxygen atoms in total. The molecule has 144 valence electrons. The highest BCUT2D eigenvalue weighted by Gasteiger charge is 2.18. The van der Waals surface area contributed by atoms with Crippen LogP contribution in [-0.4, -0.2) is 60.6 Å². The SMILES string of the molecule is CCOc1ccc(NC(=O)c2cnc(N3CCCN(C)CC3)nc2N)cc1. The maximum Gasteiger partial charge on any atom is 0.260 e. The molecule has 1 aromatic carbocycles. The second kappa shape index (κ2) is 8.68. The molecule has 0 atom stereocenters. The number of hydrogen-bond acceptors (Lipinski definition) is 7. The van der Waals surface area contributed by atoms with Gasteiger partial charge in [0.2, 0.25) is 5.95 Å². The van der Waals surface area contributed by atoms with Gasteiger partial charge in [-0.05, 0) is 51.2 Å². The third-order valence-electron chi connectivity index (χ3n) is 4.48. The summed E-state index contributed by atoms with van der Waals surface area (Å²) < 4.78 is 5.40. The van der Waals surface area contributed by atoms with Crippen LogP contribution in [0.25, 0.3) is 0 Å². The summed E-state index contributed by atoms with van der Waals surface area (Å²) in [4.78, 5) is 25.6. The Morgan fingerprint density at radius 1 is 1.22 bits per heavy atom. The summed E-state index contributed by atoms with van der Waals surface area (Å²) in [6.07, 6.45) is 2.54. The molecule has 1 saturated heterocycles. The van der Waals surface area contributed by atoms with E-state index in [0.29, 0.717) is 18.2 Å². The summed E-state index contributed by atoms with van der Waals surface area (Å²) in [6, 6.07) is 7.17. The lowest BCUT2D eigenvalue weighted by molar-refractivity contribution is 0.102. The first kappa shape index (κ1) is 18.9. The minimum absolute atomic E-state index is 0.182. The van der Waals surface area contributed by atoms with Crippen LogP contribution in [0.2, 0.25) is 0 Å². The van der Waals surface area contributed by atoms with Crippen LogP contribution in [0.5, 0.6) is 5.75 Å². The monoisotopic (exact) mass is 370 g/mol. The van der Waals surface area contributed by atoms with Crippen molar-refractivity contribution in [2.75, 3.05) is 55.8 Å². The van der Waals surface area contributed by atoms with Gasteiger partial charge >= 0.3 is 0 Å². The van der Waals surface area contributed by atoms with Crippen molar-refractivity contribution in [1.82, 2.24) is 14.9 Å². The standard InChI is InChI=1S/C19H26N6O2/c1-3-27-15-7-5-14(6-8-15)22-18(26)16-13-21-19(23-17(16)20)25-10-4-9-24(2)11-12-25/h5-8,13H,3-4,9-12H2,1-2H3,(H,22,26)(H2,20,21,23). The summed E-state index contributed by atoms with van der Waals surface area (Å²) >= 11 is 0. The minimum atomic E-state index is -0.334. The lowest BCUT2D eigenvalue weighted by Crippen LogP contribution is -2.30. The van der Waals surface area contributed by atoms with Crippen LogP contribution in [0, 0.1) is 0 Å². The molecule has 0 unspecified atom stereocenters. The van der Waals surface area contributed by atoms with Crippen molar-refractivity contribution in [2.45, 2.75) is 13.3 Å². The first-order valence-electron chi connectivity index (χ1n) is 9.17. The summed E-state index contributed by atoms with van der Waals surface area (Å²) in [5.74, 6) is 1.17. The highest BCUT2D eigenvalue weighted by atomic mass is 16.5. The van der Waals surface area contributed by atoms with Crippen LogP contribution < -0.4 is 20.7 Å². The third kappa shape index (κ3) is 4.85. The second-order valence-electron chi connectivity index (χ2n) is 6.52. The van der Waals surface area contributed by atoms with Gasteiger partial charge in [0.15, 0.2) is 0 Å². The number of nitrogens with zero attached hydrogens (tertiary/aromatic N) is 4.